The SMILES string of the molecule is CC(C)N1CC2COCN2CC1C(C)(C)C. The highest BCUT2D eigenvalue weighted by molar-refractivity contribution is 4.96. The van der Waals surface area contributed by atoms with E-state index < -0.39 is 0 Å². The summed E-state index contributed by atoms with van der Waals surface area (Å²) in [6.07, 6.45) is 0. The summed E-state index contributed by atoms with van der Waals surface area (Å²) in [4.78, 5) is 5.17. The zero-order valence-corrected chi connectivity index (χ0v) is 11.4. The van der Waals surface area contributed by atoms with Crippen LogP contribution in [0.5, 0.6) is 0 Å². The van der Waals surface area contributed by atoms with Crippen LogP contribution >= 0.6 is 0 Å². The predicted molar refractivity (Wildman–Crippen MR) is 66.4 cm³/mol. The van der Waals surface area contributed by atoms with Gasteiger partial charge < -0.3 is 4.74 Å². The summed E-state index contributed by atoms with van der Waals surface area (Å²) in [5, 5.41) is 0. The fraction of sp³-hybridized carbons (Fsp3) is 1.00. The van der Waals surface area contributed by atoms with Gasteiger partial charge in [0.1, 0.15) is 0 Å². The van der Waals surface area contributed by atoms with Gasteiger partial charge in [0.25, 0.3) is 0 Å². The van der Waals surface area contributed by atoms with Crippen molar-refractivity contribution in [3.8, 4) is 0 Å². The molecule has 2 aliphatic heterocycles. The molecule has 2 aliphatic rings. The Kier molecular flexibility index (Phi) is 3.30. The van der Waals surface area contributed by atoms with Crippen LogP contribution in [0.1, 0.15) is 34.6 Å². The maximum atomic E-state index is 5.58. The number of hydrogen-bond donors (Lipinski definition) is 0. The zero-order chi connectivity index (χ0) is 11.9. The number of hydrogen-bond acceptors (Lipinski definition) is 3. The maximum absolute atomic E-state index is 5.58. The van der Waals surface area contributed by atoms with Crippen molar-refractivity contribution in [3.63, 3.8) is 0 Å². The second-order valence-electron chi connectivity index (χ2n) is 6.60. The van der Waals surface area contributed by atoms with Crippen molar-refractivity contribution in [1.29, 1.82) is 0 Å². The van der Waals surface area contributed by atoms with Crippen molar-refractivity contribution in [2.45, 2.75) is 52.7 Å². The molecule has 2 atom stereocenters. The summed E-state index contributed by atoms with van der Waals surface area (Å²) < 4.78 is 5.58. The third kappa shape index (κ3) is 2.27. The van der Waals surface area contributed by atoms with Gasteiger partial charge in [0.05, 0.1) is 13.3 Å². The summed E-state index contributed by atoms with van der Waals surface area (Å²) in [5.74, 6) is 0. The van der Waals surface area contributed by atoms with Gasteiger partial charge in [-0.2, -0.15) is 0 Å². The second-order valence-corrected chi connectivity index (χ2v) is 6.60. The fourth-order valence-electron chi connectivity index (χ4n) is 2.93. The molecule has 94 valence electrons. The average Bonchev–Trinajstić information content (AvgIpc) is 2.60. The summed E-state index contributed by atoms with van der Waals surface area (Å²) in [6.45, 7) is 15.8. The van der Waals surface area contributed by atoms with Crippen LogP contribution in [0.4, 0.5) is 0 Å². The van der Waals surface area contributed by atoms with E-state index in [0.717, 1.165) is 19.9 Å². The van der Waals surface area contributed by atoms with Crippen LogP contribution in [0.3, 0.4) is 0 Å². The minimum Gasteiger partial charge on any atom is -0.364 e. The van der Waals surface area contributed by atoms with Crippen molar-refractivity contribution < 1.29 is 4.74 Å². The molecule has 0 N–H and O–H groups in total. The molecule has 3 heteroatoms. The van der Waals surface area contributed by atoms with E-state index >= 15 is 0 Å². The highest BCUT2D eigenvalue weighted by Crippen LogP contribution is 2.32. The van der Waals surface area contributed by atoms with Crippen molar-refractivity contribution >= 4 is 0 Å². The van der Waals surface area contributed by atoms with Crippen molar-refractivity contribution in [2.75, 3.05) is 26.4 Å². The van der Waals surface area contributed by atoms with Crippen LogP contribution in [-0.4, -0.2) is 54.4 Å². The predicted octanol–water partition coefficient (Wildman–Crippen LogP) is 1.78. The van der Waals surface area contributed by atoms with Gasteiger partial charge in [-0.3, -0.25) is 9.80 Å². The van der Waals surface area contributed by atoms with E-state index in [0.29, 0.717) is 23.5 Å². The van der Waals surface area contributed by atoms with Gasteiger partial charge in [-0.1, -0.05) is 20.8 Å². The Morgan fingerprint density at radius 3 is 2.44 bits per heavy atom. The average molecular weight is 226 g/mol. The molecule has 2 unspecified atom stereocenters. The first-order valence-electron chi connectivity index (χ1n) is 6.47. The van der Waals surface area contributed by atoms with Crippen LogP contribution in [0.15, 0.2) is 0 Å². The lowest BCUT2D eigenvalue weighted by atomic mass is 9.83. The Hall–Kier alpha value is -0.120. The molecule has 2 rings (SSSR count). The molecule has 2 fully saturated rings. The van der Waals surface area contributed by atoms with Gasteiger partial charge in [0, 0.05) is 31.2 Å². The van der Waals surface area contributed by atoms with Crippen molar-refractivity contribution in [2.24, 2.45) is 5.41 Å². The van der Waals surface area contributed by atoms with Crippen molar-refractivity contribution in [1.82, 2.24) is 9.80 Å². The Bertz CT molecular complexity index is 247. The Morgan fingerprint density at radius 2 is 1.88 bits per heavy atom. The molecule has 0 amide bonds. The van der Waals surface area contributed by atoms with E-state index in [4.69, 9.17) is 4.74 Å². The summed E-state index contributed by atoms with van der Waals surface area (Å²) in [5.41, 5.74) is 0.345. The first-order chi connectivity index (χ1) is 7.39. The highest BCUT2D eigenvalue weighted by atomic mass is 16.5. The fourth-order valence-corrected chi connectivity index (χ4v) is 2.93. The van der Waals surface area contributed by atoms with E-state index in [1.54, 1.807) is 0 Å². The smallest absolute Gasteiger partial charge is 0.0995 e. The van der Waals surface area contributed by atoms with Gasteiger partial charge in [-0.05, 0) is 19.3 Å². The third-order valence-electron chi connectivity index (χ3n) is 3.98. The molecule has 3 nitrogen and oxygen atoms in total. The van der Waals surface area contributed by atoms with E-state index in [1.165, 1.54) is 6.54 Å². The molecular weight excluding hydrogens is 200 g/mol. The number of rotatable bonds is 1. The highest BCUT2D eigenvalue weighted by Gasteiger charge is 2.42. The molecule has 2 heterocycles. The molecule has 0 saturated carbocycles. The molecule has 0 radical (unpaired) electrons. The number of fused-ring (bicyclic) bond motifs is 1. The van der Waals surface area contributed by atoms with Crippen LogP contribution in [0.2, 0.25) is 0 Å². The number of nitrogens with zero attached hydrogens (tertiary/aromatic N) is 2. The Balaban J connectivity index is 2.14. The Morgan fingerprint density at radius 1 is 1.19 bits per heavy atom. The van der Waals surface area contributed by atoms with Gasteiger partial charge in [0.15, 0.2) is 0 Å². The van der Waals surface area contributed by atoms with E-state index in [9.17, 15) is 0 Å². The molecule has 16 heavy (non-hydrogen) atoms. The first-order valence-corrected chi connectivity index (χ1v) is 6.47. The van der Waals surface area contributed by atoms with E-state index in [2.05, 4.69) is 44.4 Å². The van der Waals surface area contributed by atoms with Crippen LogP contribution in [0.25, 0.3) is 0 Å². The topological polar surface area (TPSA) is 15.7 Å². The monoisotopic (exact) mass is 226 g/mol. The van der Waals surface area contributed by atoms with Crippen LogP contribution < -0.4 is 0 Å². The molecule has 2 saturated heterocycles. The zero-order valence-electron chi connectivity index (χ0n) is 11.4. The van der Waals surface area contributed by atoms with E-state index in [-0.39, 0.29) is 0 Å². The molecule has 0 aromatic carbocycles. The Labute approximate surface area is 99.7 Å². The summed E-state index contributed by atoms with van der Waals surface area (Å²) in [6, 6.07) is 1.90. The summed E-state index contributed by atoms with van der Waals surface area (Å²) >= 11 is 0. The molecule has 0 aliphatic carbocycles. The standard InChI is InChI=1S/C13H26N2O/c1-10(2)15-6-11-8-16-9-14(11)7-12(15)13(3,4)5/h10-12H,6-9H2,1-5H3. The molecule has 0 spiro atoms. The lowest BCUT2D eigenvalue weighted by Gasteiger charge is -2.50. The molecule has 0 aromatic heterocycles. The minimum absolute atomic E-state index is 0.345. The van der Waals surface area contributed by atoms with Gasteiger partial charge >= 0.3 is 0 Å². The largest absolute Gasteiger partial charge is 0.364 e. The first kappa shape index (κ1) is 12.3. The van der Waals surface area contributed by atoms with Crippen LogP contribution in [0, 0.1) is 5.41 Å². The lowest BCUT2D eigenvalue weighted by molar-refractivity contribution is -0.0203. The minimum atomic E-state index is 0.345. The van der Waals surface area contributed by atoms with Gasteiger partial charge in [-0.15, -0.1) is 0 Å². The normalized spacial score (nSPS) is 33.4. The quantitative estimate of drug-likeness (QED) is 0.678. The van der Waals surface area contributed by atoms with Crippen LogP contribution in [-0.2, 0) is 4.74 Å². The van der Waals surface area contributed by atoms with Crippen molar-refractivity contribution in [3.05, 3.63) is 0 Å². The lowest BCUT2D eigenvalue weighted by Crippen LogP contribution is -2.62. The second kappa shape index (κ2) is 4.28. The molecular formula is C13H26N2O. The summed E-state index contributed by atoms with van der Waals surface area (Å²) in [7, 11) is 0. The third-order valence-corrected chi connectivity index (χ3v) is 3.98. The number of ether oxygens (including phenoxy) is 1. The maximum Gasteiger partial charge on any atom is 0.0995 e. The van der Waals surface area contributed by atoms with Gasteiger partial charge in [0.2, 0.25) is 0 Å². The van der Waals surface area contributed by atoms with Gasteiger partial charge in [-0.25, -0.2) is 0 Å². The number of piperazine rings is 1. The molecule has 0 aromatic rings. The molecule has 0 bridgehead atoms. The van der Waals surface area contributed by atoms with E-state index in [1.807, 2.05) is 0 Å².